The predicted molar refractivity (Wildman–Crippen MR) is 111 cm³/mol. The van der Waals surface area contributed by atoms with Gasteiger partial charge in [0.15, 0.2) is 11.5 Å². The Labute approximate surface area is 178 Å². The molecule has 0 aliphatic carbocycles. The van der Waals surface area contributed by atoms with Crippen molar-refractivity contribution in [3.8, 4) is 23.1 Å². The van der Waals surface area contributed by atoms with Gasteiger partial charge in [-0.05, 0) is 42.3 Å². The first-order valence-corrected chi connectivity index (χ1v) is 9.68. The van der Waals surface area contributed by atoms with E-state index in [4.69, 9.17) is 9.47 Å². The Balaban J connectivity index is 1.49. The van der Waals surface area contributed by atoms with E-state index in [1.807, 2.05) is 31.2 Å². The monoisotopic (exact) mass is 428 g/mol. The van der Waals surface area contributed by atoms with Crippen molar-refractivity contribution in [2.24, 2.45) is 0 Å². The van der Waals surface area contributed by atoms with Gasteiger partial charge in [0.25, 0.3) is 0 Å². The van der Waals surface area contributed by atoms with E-state index >= 15 is 0 Å². The molecule has 0 aliphatic rings. The van der Waals surface area contributed by atoms with Crippen LogP contribution in [-0.4, -0.2) is 24.1 Å². The fourth-order valence-corrected chi connectivity index (χ4v) is 2.74. The molecule has 1 amide bonds. The Hall–Kier alpha value is -3.68. The van der Waals surface area contributed by atoms with Gasteiger partial charge in [0.1, 0.15) is 5.75 Å². The summed E-state index contributed by atoms with van der Waals surface area (Å²) in [5, 5.41) is 2.80. The molecule has 0 saturated heterocycles. The highest BCUT2D eigenvalue weighted by Crippen LogP contribution is 2.30. The van der Waals surface area contributed by atoms with Crippen LogP contribution in [0.5, 0.6) is 23.1 Å². The molecule has 0 unspecified atom stereocenters. The molecule has 0 aliphatic heterocycles. The number of ether oxygens (including phenoxy) is 3. The third kappa shape index (κ3) is 6.95. The third-order valence-corrected chi connectivity index (χ3v) is 4.16. The fraction of sp³-hybridized carbons (Fsp3) is 0.217. The van der Waals surface area contributed by atoms with Crippen LogP contribution < -0.4 is 19.5 Å². The summed E-state index contributed by atoms with van der Waals surface area (Å²) >= 11 is 0. The van der Waals surface area contributed by atoms with E-state index in [-0.39, 0.29) is 18.1 Å². The van der Waals surface area contributed by atoms with Gasteiger partial charge in [-0.25, -0.2) is 4.98 Å². The number of halogens is 2. The molecular formula is C23H22F2N2O4. The van der Waals surface area contributed by atoms with Crippen molar-refractivity contribution in [1.82, 2.24) is 10.3 Å². The molecule has 8 heteroatoms. The Bertz CT molecular complexity index is 980. The minimum Gasteiger partial charge on any atom is -0.490 e. The van der Waals surface area contributed by atoms with E-state index in [9.17, 15) is 13.6 Å². The smallest absolute Gasteiger partial charge is 0.387 e. The van der Waals surface area contributed by atoms with Crippen LogP contribution in [0.15, 0.2) is 66.9 Å². The lowest BCUT2D eigenvalue weighted by molar-refractivity contribution is -0.120. The molecule has 3 aromatic rings. The molecule has 162 valence electrons. The molecule has 0 fully saturated rings. The summed E-state index contributed by atoms with van der Waals surface area (Å²) in [6, 6.07) is 16.8. The second-order valence-electron chi connectivity index (χ2n) is 6.46. The summed E-state index contributed by atoms with van der Waals surface area (Å²) in [6.45, 7) is -0.150. The lowest BCUT2D eigenvalue weighted by Gasteiger charge is -2.11. The van der Waals surface area contributed by atoms with Crippen molar-refractivity contribution in [2.45, 2.75) is 26.5 Å². The van der Waals surface area contributed by atoms with Gasteiger partial charge in [0.2, 0.25) is 11.8 Å². The fourth-order valence-electron chi connectivity index (χ4n) is 2.74. The number of rotatable bonds is 10. The maximum absolute atomic E-state index is 12.2. The van der Waals surface area contributed by atoms with Gasteiger partial charge >= 0.3 is 6.61 Å². The van der Waals surface area contributed by atoms with Crippen LogP contribution in [0, 0.1) is 0 Å². The number of benzene rings is 2. The highest BCUT2D eigenvalue weighted by molar-refractivity contribution is 5.78. The van der Waals surface area contributed by atoms with E-state index < -0.39 is 6.61 Å². The number of alkyl halides is 2. The van der Waals surface area contributed by atoms with E-state index in [0.717, 1.165) is 5.56 Å². The average molecular weight is 428 g/mol. The van der Waals surface area contributed by atoms with Crippen LogP contribution in [0.25, 0.3) is 0 Å². The summed E-state index contributed by atoms with van der Waals surface area (Å²) in [5.74, 6) is 1.47. The molecule has 1 heterocycles. The standard InChI is InChI=1S/C23H22F2N2O4/c1-2-29-19-5-3-4-6-20(19)31-22-12-9-17(15-27-22)14-26-21(28)13-16-7-10-18(11-8-16)30-23(24)25/h3-12,15,23H,2,13-14H2,1H3,(H,26,28). The van der Waals surface area contributed by atoms with Crippen LogP contribution in [0.2, 0.25) is 0 Å². The summed E-state index contributed by atoms with van der Waals surface area (Å²) in [7, 11) is 0. The van der Waals surface area contributed by atoms with Gasteiger partial charge in [-0.15, -0.1) is 0 Å². The van der Waals surface area contributed by atoms with Gasteiger partial charge in [-0.2, -0.15) is 8.78 Å². The van der Waals surface area contributed by atoms with Crippen molar-refractivity contribution in [1.29, 1.82) is 0 Å². The highest BCUT2D eigenvalue weighted by Gasteiger charge is 2.08. The number of carbonyl (C=O) groups excluding carboxylic acids is 1. The van der Waals surface area contributed by atoms with E-state index in [0.29, 0.717) is 36.1 Å². The molecule has 1 N–H and O–H groups in total. The number of para-hydroxylation sites is 2. The van der Waals surface area contributed by atoms with Gasteiger partial charge in [0, 0.05) is 18.8 Å². The third-order valence-electron chi connectivity index (χ3n) is 4.16. The largest absolute Gasteiger partial charge is 0.490 e. The number of amides is 1. The minimum absolute atomic E-state index is 0.0522. The number of nitrogens with zero attached hydrogens (tertiary/aromatic N) is 1. The second-order valence-corrected chi connectivity index (χ2v) is 6.46. The zero-order chi connectivity index (χ0) is 22.1. The van der Waals surface area contributed by atoms with Gasteiger partial charge in [-0.3, -0.25) is 4.79 Å². The highest BCUT2D eigenvalue weighted by atomic mass is 19.3. The molecule has 2 aromatic carbocycles. The second kappa shape index (κ2) is 10.9. The zero-order valence-electron chi connectivity index (χ0n) is 16.9. The Morgan fingerprint density at radius 2 is 1.71 bits per heavy atom. The van der Waals surface area contributed by atoms with Gasteiger partial charge in [-0.1, -0.05) is 30.3 Å². The van der Waals surface area contributed by atoms with Gasteiger partial charge < -0.3 is 19.5 Å². The van der Waals surface area contributed by atoms with Gasteiger partial charge in [0.05, 0.1) is 13.0 Å². The SMILES string of the molecule is CCOc1ccccc1Oc1ccc(CNC(=O)Cc2ccc(OC(F)F)cc2)cn1. The lowest BCUT2D eigenvalue weighted by Crippen LogP contribution is -2.24. The van der Waals surface area contributed by atoms with Crippen LogP contribution in [0.3, 0.4) is 0 Å². The van der Waals surface area contributed by atoms with E-state index in [1.165, 1.54) is 12.1 Å². The number of pyridine rings is 1. The number of hydrogen-bond acceptors (Lipinski definition) is 5. The minimum atomic E-state index is -2.88. The van der Waals surface area contributed by atoms with Crippen molar-refractivity contribution in [3.05, 3.63) is 78.0 Å². The van der Waals surface area contributed by atoms with E-state index in [2.05, 4.69) is 15.0 Å². The van der Waals surface area contributed by atoms with Crippen molar-refractivity contribution in [2.75, 3.05) is 6.61 Å². The summed E-state index contributed by atoms with van der Waals surface area (Å²) < 4.78 is 39.9. The maximum atomic E-state index is 12.2. The molecule has 0 radical (unpaired) electrons. The molecular weight excluding hydrogens is 406 g/mol. The number of hydrogen-bond donors (Lipinski definition) is 1. The Kier molecular flexibility index (Phi) is 7.75. The first kappa shape index (κ1) is 22.0. The molecule has 0 saturated carbocycles. The van der Waals surface area contributed by atoms with Crippen molar-refractivity contribution in [3.63, 3.8) is 0 Å². The van der Waals surface area contributed by atoms with Crippen LogP contribution in [0.4, 0.5) is 8.78 Å². The molecule has 0 spiro atoms. The lowest BCUT2D eigenvalue weighted by atomic mass is 10.1. The average Bonchev–Trinajstić information content (AvgIpc) is 2.76. The molecule has 1 aromatic heterocycles. The topological polar surface area (TPSA) is 69.7 Å². The van der Waals surface area contributed by atoms with Crippen LogP contribution in [0.1, 0.15) is 18.1 Å². The van der Waals surface area contributed by atoms with E-state index in [1.54, 1.807) is 30.5 Å². The first-order chi connectivity index (χ1) is 15.0. The summed E-state index contributed by atoms with van der Waals surface area (Å²) in [6.07, 6.45) is 1.74. The normalized spacial score (nSPS) is 10.6. The molecule has 0 bridgehead atoms. The van der Waals surface area contributed by atoms with Crippen molar-refractivity contribution >= 4 is 5.91 Å². The van der Waals surface area contributed by atoms with Crippen molar-refractivity contribution < 1.29 is 27.8 Å². The Morgan fingerprint density at radius 3 is 2.35 bits per heavy atom. The quantitative estimate of drug-likeness (QED) is 0.506. The molecule has 31 heavy (non-hydrogen) atoms. The number of nitrogens with one attached hydrogen (secondary N) is 1. The first-order valence-electron chi connectivity index (χ1n) is 9.68. The Morgan fingerprint density at radius 1 is 1.00 bits per heavy atom. The number of aromatic nitrogens is 1. The molecule has 0 atom stereocenters. The van der Waals surface area contributed by atoms with Crippen LogP contribution in [-0.2, 0) is 17.8 Å². The predicted octanol–water partition coefficient (Wildman–Crippen LogP) is 4.73. The summed E-state index contributed by atoms with van der Waals surface area (Å²) in [4.78, 5) is 16.4. The molecule has 6 nitrogen and oxygen atoms in total. The summed E-state index contributed by atoms with van der Waals surface area (Å²) in [5.41, 5.74) is 1.49. The zero-order valence-corrected chi connectivity index (χ0v) is 16.9. The molecule has 3 rings (SSSR count). The number of carbonyl (C=O) groups is 1. The maximum Gasteiger partial charge on any atom is 0.387 e. The van der Waals surface area contributed by atoms with Crippen LogP contribution >= 0.6 is 0 Å².